The lowest BCUT2D eigenvalue weighted by molar-refractivity contribution is 0.0548. The molecule has 2 aliphatic rings. The van der Waals surface area contributed by atoms with Crippen LogP contribution in [0.3, 0.4) is 0 Å². The van der Waals surface area contributed by atoms with E-state index in [1.807, 2.05) is 6.92 Å². The second-order valence-corrected chi connectivity index (χ2v) is 5.70. The normalized spacial score (nSPS) is 31.6. The molecule has 0 aromatic heterocycles. The Kier molecular flexibility index (Phi) is 5.45. The summed E-state index contributed by atoms with van der Waals surface area (Å²) in [5.41, 5.74) is 0. The highest BCUT2D eigenvalue weighted by Gasteiger charge is 2.38. The van der Waals surface area contributed by atoms with Gasteiger partial charge in [0.2, 0.25) is 0 Å². The zero-order chi connectivity index (χ0) is 13.7. The molecule has 5 heteroatoms. The molecule has 0 spiro atoms. The molecular formula is C14H26N2O3. The number of carbonyl (C=O) groups is 1. The van der Waals surface area contributed by atoms with Crippen molar-refractivity contribution in [3.05, 3.63) is 0 Å². The van der Waals surface area contributed by atoms with E-state index in [2.05, 4.69) is 10.6 Å². The van der Waals surface area contributed by atoms with Gasteiger partial charge in [-0.3, -0.25) is 0 Å². The molecular weight excluding hydrogens is 244 g/mol. The maximum absolute atomic E-state index is 11.8. The fraction of sp³-hybridized carbons (Fsp3) is 0.929. The highest BCUT2D eigenvalue weighted by molar-refractivity contribution is 5.74. The SMILES string of the molecule is CCCC(O)CNC(=O)NC1CCCC2OCCC12. The maximum Gasteiger partial charge on any atom is 0.315 e. The molecule has 1 saturated heterocycles. The summed E-state index contributed by atoms with van der Waals surface area (Å²) < 4.78 is 5.69. The first kappa shape index (κ1) is 14.6. The molecule has 3 N–H and O–H groups in total. The summed E-state index contributed by atoms with van der Waals surface area (Å²) in [4.78, 5) is 11.8. The lowest BCUT2D eigenvalue weighted by Crippen LogP contribution is -2.50. The number of hydrogen-bond acceptors (Lipinski definition) is 3. The minimum atomic E-state index is -0.440. The van der Waals surface area contributed by atoms with Crippen LogP contribution in [0.5, 0.6) is 0 Å². The average molecular weight is 270 g/mol. The molecule has 0 bridgehead atoms. The fourth-order valence-corrected chi connectivity index (χ4v) is 3.22. The van der Waals surface area contributed by atoms with Gasteiger partial charge in [-0.2, -0.15) is 0 Å². The molecule has 0 aromatic carbocycles. The quantitative estimate of drug-likeness (QED) is 0.707. The second-order valence-electron chi connectivity index (χ2n) is 5.70. The van der Waals surface area contributed by atoms with Crippen LogP contribution in [0.25, 0.3) is 0 Å². The van der Waals surface area contributed by atoms with Crippen LogP contribution in [0.2, 0.25) is 0 Å². The molecule has 2 fully saturated rings. The number of hydrogen-bond donors (Lipinski definition) is 3. The molecule has 1 saturated carbocycles. The summed E-state index contributed by atoms with van der Waals surface area (Å²) >= 11 is 0. The van der Waals surface area contributed by atoms with Crippen molar-refractivity contribution in [2.75, 3.05) is 13.2 Å². The van der Waals surface area contributed by atoms with Gasteiger partial charge in [0, 0.05) is 25.1 Å². The van der Waals surface area contributed by atoms with E-state index in [9.17, 15) is 9.90 Å². The van der Waals surface area contributed by atoms with E-state index in [1.165, 1.54) is 0 Å². The molecule has 2 rings (SSSR count). The largest absolute Gasteiger partial charge is 0.391 e. The first-order chi connectivity index (χ1) is 9.20. The molecule has 4 unspecified atom stereocenters. The van der Waals surface area contributed by atoms with Crippen LogP contribution in [-0.4, -0.2) is 42.5 Å². The standard InChI is InChI=1S/C14H26N2O3/c1-2-4-10(17)9-15-14(18)16-12-5-3-6-13-11(12)7-8-19-13/h10-13,17H,2-9H2,1H3,(H2,15,16,18). The Morgan fingerprint density at radius 2 is 2.26 bits per heavy atom. The van der Waals surface area contributed by atoms with Crippen molar-refractivity contribution in [2.45, 2.75) is 63.7 Å². The Balaban J connectivity index is 1.72. The molecule has 5 nitrogen and oxygen atoms in total. The van der Waals surface area contributed by atoms with Crippen molar-refractivity contribution < 1.29 is 14.6 Å². The third-order valence-corrected chi connectivity index (χ3v) is 4.22. The summed E-state index contributed by atoms with van der Waals surface area (Å²) in [6.07, 6.45) is 5.87. The van der Waals surface area contributed by atoms with Crippen LogP contribution >= 0.6 is 0 Å². The molecule has 1 heterocycles. The summed E-state index contributed by atoms with van der Waals surface area (Å²) in [6, 6.07) is 0.0669. The lowest BCUT2D eigenvalue weighted by Gasteiger charge is -2.33. The summed E-state index contributed by atoms with van der Waals surface area (Å²) in [5, 5.41) is 15.4. The molecule has 0 aromatic rings. The van der Waals surface area contributed by atoms with Gasteiger partial charge in [-0.1, -0.05) is 13.3 Å². The highest BCUT2D eigenvalue weighted by atomic mass is 16.5. The Labute approximate surface area is 115 Å². The number of nitrogens with one attached hydrogen (secondary N) is 2. The van der Waals surface area contributed by atoms with E-state index in [1.54, 1.807) is 0 Å². The first-order valence-corrected chi connectivity index (χ1v) is 7.54. The van der Waals surface area contributed by atoms with Crippen LogP contribution < -0.4 is 10.6 Å². The Hall–Kier alpha value is -0.810. The molecule has 1 aliphatic carbocycles. The predicted octanol–water partition coefficient (Wildman–Crippen LogP) is 1.40. The first-order valence-electron chi connectivity index (χ1n) is 7.54. The second kappa shape index (κ2) is 7.10. The van der Waals surface area contributed by atoms with Gasteiger partial charge in [-0.05, 0) is 32.1 Å². The van der Waals surface area contributed by atoms with Gasteiger partial charge >= 0.3 is 6.03 Å². The number of fused-ring (bicyclic) bond motifs is 1. The Morgan fingerprint density at radius 3 is 3.05 bits per heavy atom. The maximum atomic E-state index is 11.8. The average Bonchev–Trinajstić information content (AvgIpc) is 2.86. The van der Waals surface area contributed by atoms with Crippen LogP contribution in [0.15, 0.2) is 0 Å². The van der Waals surface area contributed by atoms with E-state index >= 15 is 0 Å². The Bertz CT molecular complexity index is 298. The van der Waals surface area contributed by atoms with Crippen LogP contribution in [0.4, 0.5) is 4.79 Å². The zero-order valence-electron chi connectivity index (χ0n) is 11.7. The third-order valence-electron chi connectivity index (χ3n) is 4.22. The van der Waals surface area contributed by atoms with Crippen molar-refractivity contribution in [2.24, 2.45) is 5.92 Å². The lowest BCUT2D eigenvalue weighted by atomic mass is 9.82. The molecule has 4 atom stereocenters. The van der Waals surface area contributed by atoms with Crippen molar-refractivity contribution >= 4 is 6.03 Å². The van der Waals surface area contributed by atoms with Crippen molar-refractivity contribution in [1.82, 2.24) is 10.6 Å². The number of amides is 2. The molecule has 19 heavy (non-hydrogen) atoms. The summed E-state index contributed by atoms with van der Waals surface area (Å²) in [5.74, 6) is 0.472. The number of ether oxygens (including phenoxy) is 1. The van der Waals surface area contributed by atoms with Gasteiger partial charge in [0.05, 0.1) is 12.2 Å². The topological polar surface area (TPSA) is 70.6 Å². The minimum Gasteiger partial charge on any atom is -0.391 e. The Morgan fingerprint density at radius 1 is 1.42 bits per heavy atom. The van der Waals surface area contributed by atoms with Gasteiger partial charge in [-0.15, -0.1) is 0 Å². The molecule has 1 aliphatic heterocycles. The van der Waals surface area contributed by atoms with Crippen LogP contribution in [0, 0.1) is 5.92 Å². The van der Waals surface area contributed by atoms with E-state index in [4.69, 9.17) is 4.74 Å². The predicted molar refractivity (Wildman–Crippen MR) is 72.9 cm³/mol. The number of aliphatic hydroxyl groups excluding tert-OH is 1. The zero-order valence-corrected chi connectivity index (χ0v) is 11.7. The third kappa shape index (κ3) is 4.08. The fourth-order valence-electron chi connectivity index (χ4n) is 3.22. The number of carbonyl (C=O) groups excluding carboxylic acids is 1. The van der Waals surface area contributed by atoms with Gasteiger partial charge < -0.3 is 20.5 Å². The summed E-state index contributed by atoms with van der Waals surface area (Å²) in [6.45, 7) is 3.17. The van der Waals surface area contributed by atoms with Crippen LogP contribution in [0.1, 0.15) is 45.4 Å². The van der Waals surface area contributed by atoms with E-state index in [0.29, 0.717) is 18.6 Å². The van der Waals surface area contributed by atoms with Gasteiger partial charge in [0.1, 0.15) is 0 Å². The van der Waals surface area contributed by atoms with E-state index in [0.717, 1.165) is 45.1 Å². The summed E-state index contributed by atoms with van der Waals surface area (Å²) in [7, 11) is 0. The van der Waals surface area contributed by atoms with Gasteiger partial charge in [0.15, 0.2) is 0 Å². The molecule has 2 amide bonds. The van der Waals surface area contributed by atoms with E-state index in [-0.39, 0.29) is 12.1 Å². The van der Waals surface area contributed by atoms with Crippen molar-refractivity contribution in [1.29, 1.82) is 0 Å². The number of aliphatic hydroxyl groups is 1. The van der Waals surface area contributed by atoms with Crippen molar-refractivity contribution in [3.63, 3.8) is 0 Å². The smallest absolute Gasteiger partial charge is 0.315 e. The van der Waals surface area contributed by atoms with Gasteiger partial charge in [0.25, 0.3) is 0 Å². The van der Waals surface area contributed by atoms with E-state index < -0.39 is 6.10 Å². The molecule has 0 radical (unpaired) electrons. The minimum absolute atomic E-state index is 0.160. The van der Waals surface area contributed by atoms with Gasteiger partial charge in [-0.25, -0.2) is 4.79 Å². The van der Waals surface area contributed by atoms with Crippen LogP contribution in [-0.2, 0) is 4.74 Å². The molecule has 110 valence electrons. The van der Waals surface area contributed by atoms with Crippen molar-refractivity contribution in [3.8, 4) is 0 Å². The monoisotopic (exact) mass is 270 g/mol. The number of rotatable bonds is 5. The highest BCUT2D eigenvalue weighted by Crippen LogP contribution is 2.34. The number of urea groups is 1.